The molecular formula is C19H23FN4O. The summed E-state index contributed by atoms with van der Waals surface area (Å²) in [7, 11) is 0. The predicted molar refractivity (Wildman–Crippen MR) is 99.4 cm³/mol. The van der Waals surface area contributed by atoms with E-state index in [4.69, 9.17) is 5.73 Å². The number of amides is 1. The van der Waals surface area contributed by atoms with E-state index in [0.717, 1.165) is 5.69 Å². The van der Waals surface area contributed by atoms with E-state index in [9.17, 15) is 9.18 Å². The average molecular weight is 342 g/mol. The van der Waals surface area contributed by atoms with Crippen LogP contribution in [-0.2, 0) is 0 Å². The Labute approximate surface area is 147 Å². The second kappa shape index (κ2) is 8.82. The summed E-state index contributed by atoms with van der Waals surface area (Å²) in [5.74, 6) is -0.325. The van der Waals surface area contributed by atoms with E-state index in [-0.39, 0.29) is 18.1 Å². The van der Waals surface area contributed by atoms with Crippen molar-refractivity contribution in [2.75, 3.05) is 18.4 Å². The van der Waals surface area contributed by atoms with Crippen molar-refractivity contribution in [3.05, 3.63) is 65.5 Å². The number of nitrogens with zero attached hydrogens (tertiary/aromatic N) is 1. The quantitative estimate of drug-likeness (QED) is 0.429. The van der Waals surface area contributed by atoms with Crippen molar-refractivity contribution < 1.29 is 9.18 Å². The van der Waals surface area contributed by atoms with E-state index in [0.29, 0.717) is 12.5 Å². The molecule has 0 saturated heterocycles. The van der Waals surface area contributed by atoms with E-state index in [1.54, 1.807) is 6.07 Å². The molecule has 0 fully saturated rings. The normalized spacial score (nSPS) is 11.4. The molecule has 0 aliphatic heterocycles. The number of guanidine groups is 1. The number of nitrogens with one attached hydrogen (secondary N) is 2. The zero-order valence-electron chi connectivity index (χ0n) is 14.4. The van der Waals surface area contributed by atoms with Crippen molar-refractivity contribution in [3.63, 3.8) is 0 Å². The lowest BCUT2D eigenvalue weighted by molar-refractivity contribution is 0.0951. The van der Waals surface area contributed by atoms with Crippen LogP contribution in [0.4, 0.5) is 10.1 Å². The first-order valence-electron chi connectivity index (χ1n) is 8.17. The van der Waals surface area contributed by atoms with Crippen LogP contribution < -0.4 is 16.4 Å². The lowest BCUT2D eigenvalue weighted by Gasteiger charge is -2.10. The number of nitrogens with two attached hydrogens (primary N) is 1. The molecule has 5 nitrogen and oxygen atoms in total. The van der Waals surface area contributed by atoms with Crippen LogP contribution in [0.5, 0.6) is 0 Å². The van der Waals surface area contributed by atoms with Crippen LogP contribution in [0.3, 0.4) is 0 Å². The van der Waals surface area contributed by atoms with Crippen LogP contribution in [0.1, 0.15) is 35.7 Å². The van der Waals surface area contributed by atoms with Crippen LogP contribution >= 0.6 is 0 Å². The summed E-state index contributed by atoms with van der Waals surface area (Å²) in [5, 5.41) is 5.63. The molecule has 0 aliphatic rings. The molecule has 1 amide bonds. The van der Waals surface area contributed by atoms with Gasteiger partial charge in [0.05, 0.1) is 12.1 Å². The Kier molecular flexibility index (Phi) is 6.51. The fraction of sp³-hybridized carbons (Fsp3) is 0.263. The van der Waals surface area contributed by atoms with Gasteiger partial charge in [-0.05, 0) is 35.7 Å². The molecule has 0 saturated carbocycles. The topological polar surface area (TPSA) is 79.5 Å². The third kappa shape index (κ3) is 5.60. The minimum Gasteiger partial charge on any atom is -0.370 e. The number of carbonyl (C=O) groups is 1. The molecule has 0 heterocycles. The molecule has 0 atom stereocenters. The SMILES string of the molecule is CC(C)c1cccc(NC(N)=NCCNC(=O)c2ccccc2F)c1. The molecule has 0 aromatic heterocycles. The van der Waals surface area contributed by atoms with Gasteiger partial charge >= 0.3 is 0 Å². The lowest BCUT2D eigenvalue weighted by Crippen LogP contribution is -2.29. The highest BCUT2D eigenvalue weighted by Gasteiger charge is 2.09. The Balaban J connectivity index is 1.83. The van der Waals surface area contributed by atoms with Gasteiger partial charge in [-0.25, -0.2) is 4.39 Å². The standard InChI is InChI=1S/C19H23FN4O/c1-13(2)14-6-5-7-15(12-14)24-19(21)23-11-10-22-18(25)16-8-3-4-9-17(16)20/h3-9,12-13H,10-11H2,1-2H3,(H,22,25)(H3,21,23,24). The van der Waals surface area contributed by atoms with Crippen LogP contribution in [0.2, 0.25) is 0 Å². The van der Waals surface area contributed by atoms with Crippen LogP contribution in [-0.4, -0.2) is 25.0 Å². The molecule has 25 heavy (non-hydrogen) atoms. The van der Waals surface area contributed by atoms with Gasteiger partial charge in [-0.1, -0.05) is 38.1 Å². The van der Waals surface area contributed by atoms with Crippen LogP contribution in [0.15, 0.2) is 53.5 Å². The summed E-state index contributed by atoms with van der Waals surface area (Å²) >= 11 is 0. The summed E-state index contributed by atoms with van der Waals surface area (Å²) in [5.41, 5.74) is 7.93. The molecule has 4 N–H and O–H groups in total. The number of anilines is 1. The monoisotopic (exact) mass is 342 g/mol. The number of hydrogen-bond donors (Lipinski definition) is 3. The highest BCUT2D eigenvalue weighted by molar-refractivity contribution is 5.94. The summed E-state index contributed by atoms with van der Waals surface area (Å²) < 4.78 is 13.5. The average Bonchev–Trinajstić information content (AvgIpc) is 2.59. The first kappa shape index (κ1) is 18.4. The number of carbonyl (C=O) groups excluding carboxylic acids is 1. The highest BCUT2D eigenvalue weighted by atomic mass is 19.1. The molecule has 0 aliphatic carbocycles. The zero-order valence-corrected chi connectivity index (χ0v) is 14.4. The van der Waals surface area contributed by atoms with Crippen molar-refractivity contribution in [2.24, 2.45) is 10.7 Å². The van der Waals surface area contributed by atoms with Gasteiger partial charge in [-0.15, -0.1) is 0 Å². The molecule has 2 aromatic rings. The third-order valence-electron chi connectivity index (χ3n) is 3.62. The molecule has 0 radical (unpaired) electrons. The second-order valence-corrected chi connectivity index (χ2v) is 5.91. The number of halogens is 1. The molecule has 2 rings (SSSR count). The van der Waals surface area contributed by atoms with Gasteiger partial charge in [0.25, 0.3) is 5.91 Å². The van der Waals surface area contributed by atoms with Crippen molar-refractivity contribution in [1.29, 1.82) is 0 Å². The van der Waals surface area contributed by atoms with Crippen molar-refractivity contribution >= 4 is 17.6 Å². The largest absolute Gasteiger partial charge is 0.370 e. The Morgan fingerprint density at radius 1 is 1.20 bits per heavy atom. The highest BCUT2D eigenvalue weighted by Crippen LogP contribution is 2.18. The number of hydrogen-bond acceptors (Lipinski definition) is 2. The van der Waals surface area contributed by atoms with E-state index in [1.165, 1.54) is 23.8 Å². The summed E-state index contributed by atoms with van der Waals surface area (Å²) in [6.07, 6.45) is 0. The molecular weight excluding hydrogens is 319 g/mol. The van der Waals surface area contributed by atoms with Gasteiger partial charge < -0.3 is 16.4 Å². The smallest absolute Gasteiger partial charge is 0.254 e. The molecule has 0 spiro atoms. The first-order valence-corrected chi connectivity index (χ1v) is 8.17. The van der Waals surface area contributed by atoms with E-state index in [1.807, 2.05) is 18.2 Å². The predicted octanol–water partition coefficient (Wildman–Crippen LogP) is 3.11. The van der Waals surface area contributed by atoms with E-state index < -0.39 is 11.7 Å². The van der Waals surface area contributed by atoms with Crippen molar-refractivity contribution in [2.45, 2.75) is 19.8 Å². The van der Waals surface area contributed by atoms with Gasteiger partial charge in [0.2, 0.25) is 0 Å². The second-order valence-electron chi connectivity index (χ2n) is 5.91. The van der Waals surface area contributed by atoms with Gasteiger partial charge in [0, 0.05) is 12.2 Å². The van der Waals surface area contributed by atoms with Crippen LogP contribution in [0, 0.1) is 5.82 Å². The Morgan fingerprint density at radius 3 is 2.68 bits per heavy atom. The molecule has 132 valence electrons. The van der Waals surface area contributed by atoms with Crippen LogP contribution in [0.25, 0.3) is 0 Å². The van der Waals surface area contributed by atoms with E-state index in [2.05, 4.69) is 35.5 Å². The minimum atomic E-state index is -0.547. The fourth-order valence-electron chi connectivity index (χ4n) is 2.25. The van der Waals surface area contributed by atoms with E-state index >= 15 is 0 Å². The first-order chi connectivity index (χ1) is 12.0. The summed E-state index contributed by atoms with van der Waals surface area (Å²) in [6, 6.07) is 13.8. The zero-order chi connectivity index (χ0) is 18.2. The van der Waals surface area contributed by atoms with Gasteiger partial charge in [0.1, 0.15) is 5.82 Å². The molecule has 6 heteroatoms. The maximum absolute atomic E-state index is 13.5. The summed E-state index contributed by atoms with van der Waals surface area (Å²) in [4.78, 5) is 16.0. The maximum atomic E-state index is 13.5. The number of benzene rings is 2. The van der Waals surface area contributed by atoms with Gasteiger partial charge in [-0.3, -0.25) is 9.79 Å². The van der Waals surface area contributed by atoms with Crippen molar-refractivity contribution in [1.82, 2.24) is 5.32 Å². The number of aliphatic imine (C=N–C) groups is 1. The Hall–Kier alpha value is -2.89. The maximum Gasteiger partial charge on any atom is 0.254 e. The Bertz CT molecular complexity index is 759. The summed E-state index contributed by atoms with van der Waals surface area (Å²) in [6.45, 7) is 4.80. The lowest BCUT2D eigenvalue weighted by atomic mass is 10.0. The Morgan fingerprint density at radius 2 is 1.96 bits per heavy atom. The number of rotatable bonds is 6. The molecule has 2 aromatic carbocycles. The third-order valence-corrected chi connectivity index (χ3v) is 3.62. The molecule has 0 unspecified atom stereocenters. The minimum absolute atomic E-state index is 0.0167. The van der Waals surface area contributed by atoms with Gasteiger partial charge in [-0.2, -0.15) is 0 Å². The van der Waals surface area contributed by atoms with Crippen molar-refractivity contribution in [3.8, 4) is 0 Å². The fourth-order valence-corrected chi connectivity index (χ4v) is 2.25. The van der Waals surface area contributed by atoms with Gasteiger partial charge in [0.15, 0.2) is 5.96 Å². The molecule has 0 bridgehead atoms.